The van der Waals surface area contributed by atoms with E-state index in [1.165, 1.54) is 0 Å². The number of carbonyl (C=O) groups is 2. The predicted molar refractivity (Wildman–Crippen MR) is 57.7 cm³/mol. The fourth-order valence-electron chi connectivity index (χ4n) is 2.14. The Labute approximate surface area is 94.9 Å². The Balaban J connectivity index is 1.88. The molecule has 1 atom stereocenters. The van der Waals surface area contributed by atoms with Gasteiger partial charge in [0.15, 0.2) is 0 Å². The molecular formula is C11H18N2O3. The van der Waals surface area contributed by atoms with Gasteiger partial charge in [0.25, 0.3) is 0 Å². The zero-order chi connectivity index (χ0) is 11.6. The van der Waals surface area contributed by atoms with Crippen molar-refractivity contribution in [1.29, 1.82) is 0 Å². The van der Waals surface area contributed by atoms with Crippen LogP contribution in [0.2, 0.25) is 0 Å². The number of ether oxygens (including phenoxy) is 1. The summed E-state index contributed by atoms with van der Waals surface area (Å²) in [6, 6.07) is 0. The molecule has 90 valence electrons. The summed E-state index contributed by atoms with van der Waals surface area (Å²) in [7, 11) is 0. The number of hydrogen-bond donors (Lipinski definition) is 2. The molecule has 0 radical (unpaired) electrons. The average molecular weight is 226 g/mol. The molecule has 2 fully saturated rings. The largest absolute Gasteiger partial charge is 0.381 e. The topological polar surface area (TPSA) is 67.4 Å². The molecule has 1 unspecified atom stereocenters. The van der Waals surface area contributed by atoms with Gasteiger partial charge in [-0.15, -0.1) is 0 Å². The van der Waals surface area contributed by atoms with Crippen LogP contribution >= 0.6 is 0 Å². The van der Waals surface area contributed by atoms with E-state index in [9.17, 15) is 9.59 Å². The van der Waals surface area contributed by atoms with Gasteiger partial charge in [-0.25, -0.2) is 0 Å². The molecule has 0 aromatic carbocycles. The van der Waals surface area contributed by atoms with Crippen LogP contribution in [-0.2, 0) is 14.3 Å². The molecule has 16 heavy (non-hydrogen) atoms. The van der Waals surface area contributed by atoms with Gasteiger partial charge < -0.3 is 15.4 Å². The third kappa shape index (κ3) is 2.52. The zero-order valence-corrected chi connectivity index (χ0v) is 9.54. The molecule has 5 nitrogen and oxygen atoms in total. The summed E-state index contributed by atoms with van der Waals surface area (Å²) in [6.45, 7) is 3.89. The van der Waals surface area contributed by atoms with Crippen LogP contribution in [0.1, 0.15) is 26.2 Å². The summed E-state index contributed by atoms with van der Waals surface area (Å²) >= 11 is 0. The van der Waals surface area contributed by atoms with Crippen LogP contribution in [0.3, 0.4) is 0 Å². The standard InChI is InChI=1S/C11H18N2O3/c1-11(2-4-16-5-3-11)13-10(15)8-6-9(14)12-7-8/h8H,2-7H2,1H3,(H,12,14)(H,13,15). The van der Waals surface area contributed by atoms with Crippen molar-refractivity contribution in [2.75, 3.05) is 19.8 Å². The highest BCUT2D eigenvalue weighted by molar-refractivity contribution is 5.89. The Kier molecular flexibility index (Phi) is 3.14. The molecule has 2 saturated heterocycles. The SMILES string of the molecule is CC1(NC(=O)C2CNC(=O)C2)CCOCC1. The Hall–Kier alpha value is -1.10. The van der Waals surface area contributed by atoms with E-state index in [4.69, 9.17) is 4.74 Å². The number of rotatable bonds is 2. The number of carbonyl (C=O) groups excluding carboxylic acids is 2. The fourth-order valence-corrected chi connectivity index (χ4v) is 2.14. The van der Waals surface area contributed by atoms with Crippen molar-refractivity contribution in [3.05, 3.63) is 0 Å². The molecule has 2 amide bonds. The van der Waals surface area contributed by atoms with Crippen molar-refractivity contribution in [3.63, 3.8) is 0 Å². The number of amides is 2. The average Bonchev–Trinajstić information content (AvgIpc) is 2.65. The normalized spacial score (nSPS) is 28.6. The summed E-state index contributed by atoms with van der Waals surface area (Å²) in [5, 5.41) is 5.72. The van der Waals surface area contributed by atoms with E-state index in [2.05, 4.69) is 10.6 Å². The van der Waals surface area contributed by atoms with E-state index in [1.54, 1.807) is 0 Å². The minimum absolute atomic E-state index is 0.0113. The van der Waals surface area contributed by atoms with Gasteiger partial charge in [-0.05, 0) is 19.8 Å². The lowest BCUT2D eigenvalue weighted by atomic mass is 9.91. The lowest BCUT2D eigenvalue weighted by molar-refractivity contribution is -0.129. The van der Waals surface area contributed by atoms with Crippen molar-refractivity contribution in [1.82, 2.24) is 10.6 Å². The van der Waals surface area contributed by atoms with Gasteiger partial charge in [-0.3, -0.25) is 9.59 Å². The van der Waals surface area contributed by atoms with Gasteiger partial charge in [0.05, 0.1) is 5.92 Å². The van der Waals surface area contributed by atoms with E-state index in [1.807, 2.05) is 6.92 Å². The Morgan fingerprint density at radius 2 is 2.19 bits per heavy atom. The van der Waals surface area contributed by atoms with Crippen LogP contribution in [0, 0.1) is 5.92 Å². The van der Waals surface area contributed by atoms with Crippen molar-refractivity contribution in [3.8, 4) is 0 Å². The quantitative estimate of drug-likeness (QED) is 0.685. The molecule has 0 saturated carbocycles. The molecule has 2 heterocycles. The maximum absolute atomic E-state index is 11.9. The van der Waals surface area contributed by atoms with E-state index >= 15 is 0 Å². The molecule has 0 bridgehead atoms. The van der Waals surface area contributed by atoms with Crippen LogP contribution in [0.5, 0.6) is 0 Å². The summed E-state index contributed by atoms with van der Waals surface area (Å²) < 4.78 is 5.27. The molecule has 0 spiro atoms. The molecule has 2 aliphatic rings. The fraction of sp³-hybridized carbons (Fsp3) is 0.818. The number of nitrogens with one attached hydrogen (secondary N) is 2. The minimum Gasteiger partial charge on any atom is -0.381 e. The Bertz CT molecular complexity index is 298. The van der Waals surface area contributed by atoms with E-state index in [0.29, 0.717) is 26.2 Å². The first-order chi connectivity index (χ1) is 7.59. The zero-order valence-electron chi connectivity index (χ0n) is 9.54. The van der Waals surface area contributed by atoms with E-state index < -0.39 is 0 Å². The molecule has 2 aliphatic heterocycles. The maximum atomic E-state index is 11.9. The second kappa shape index (κ2) is 4.41. The predicted octanol–water partition coefficient (Wildman–Crippen LogP) is -0.192. The minimum atomic E-state index is -0.202. The van der Waals surface area contributed by atoms with Gasteiger partial charge >= 0.3 is 0 Å². The third-order valence-electron chi connectivity index (χ3n) is 3.37. The van der Waals surface area contributed by atoms with Crippen molar-refractivity contribution in [2.45, 2.75) is 31.7 Å². The maximum Gasteiger partial charge on any atom is 0.225 e. The van der Waals surface area contributed by atoms with Crippen LogP contribution in [-0.4, -0.2) is 37.1 Å². The first-order valence-corrected chi connectivity index (χ1v) is 5.75. The van der Waals surface area contributed by atoms with Crippen molar-refractivity contribution >= 4 is 11.8 Å². The lowest BCUT2D eigenvalue weighted by Gasteiger charge is -2.35. The van der Waals surface area contributed by atoms with E-state index in [0.717, 1.165) is 12.8 Å². The lowest BCUT2D eigenvalue weighted by Crippen LogP contribution is -2.51. The molecule has 5 heteroatoms. The monoisotopic (exact) mass is 226 g/mol. The van der Waals surface area contributed by atoms with Gasteiger partial charge in [-0.2, -0.15) is 0 Å². The highest BCUT2D eigenvalue weighted by atomic mass is 16.5. The Morgan fingerprint density at radius 3 is 2.75 bits per heavy atom. The van der Waals surface area contributed by atoms with Crippen LogP contribution in [0.15, 0.2) is 0 Å². The second-order valence-electron chi connectivity index (χ2n) is 4.87. The van der Waals surface area contributed by atoms with E-state index in [-0.39, 0.29) is 23.3 Å². The Morgan fingerprint density at radius 1 is 1.50 bits per heavy atom. The third-order valence-corrected chi connectivity index (χ3v) is 3.37. The van der Waals surface area contributed by atoms with Crippen LogP contribution in [0.25, 0.3) is 0 Å². The summed E-state index contributed by atoms with van der Waals surface area (Å²) in [5.74, 6) is -0.243. The van der Waals surface area contributed by atoms with Gasteiger partial charge in [0.1, 0.15) is 0 Å². The molecule has 0 aromatic rings. The van der Waals surface area contributed by atoms with Crippen LogP contribution < -0.4 is 10.6 Å². The van der Waals surface area contributed by atoms with Crippen LogP contribution in [0.4, 0.5) is 0 Å². The first kappa shape index (κ1) is 11.4. The summed E-state index contributed by atoms with van der Waals surface area (Å²) in [6.07, 6.45) is 2.00. The molecule has 0 aromatic heterocycles. The van der Waals surface area contributed by atoms with Gasteiger partial charge in [-0.1, -0.05) is 0 Å². The summed E-state index contributed by atoms with van der Waals surface area (Å²) in [4.78, 5) is 22.9. The molecule has 2 N–H and O–H groups in total. The van der Waals surface area contributed by atoms with Crippen molar-refractivity contribution < 1.29 is 14.3 Å². The van der Waals surface area contributed by atoms with Crippen molar-refractivity contribution in [2.24, 2.45) is 5.92 Å². The first-order valence-electron chi connectivity index (χ1n) is 5.75. The molecule has 0 aliphatic carbocycles. The smallest absolute Gasteiger partial charge is 0.225 e. The van der Waals surface area contributed by atoms with Gasteiger partial charge in [0.2, 0.25) is 11.8 Å². The molecular weight excluding hydrogens is 208 g/mol. The summed E-state index contributed by atoms with van der Waals surface area (Å²) in [5.41, 5.74) is -0.166. The van der Waals surface area contributed by atoms with Gasteiger partial charge in [0, 0.05) is 31.7 Å². The highest BCUT2D eigenvalue weighted by Crippen LogP contribution is 2.21. The number of hydrogen-bond acceptors (Lipinski definition) is 3. The second-order valence-corrected chi connectivity index (χ2v) is 4.87. The highest BCUT2D eigenvalue weighted by Gasteiger charge is 2.34. The molecule has 2 rings (SSSR count).